The Kier molecular flexibility index (Phi) is 3.25. The fourth-order valence-corrected chi connectivity index (χ4v) is 2.69. The van der Waals surface area contributed by atoms with Crippen LogP contribution in [0.1, 0.15) is 20.3 Å². The zero-order valence-electron chi connectivity index (χ0n) is 11.0. The monoisotopic (exact) mass is 272 g/mol. The summed E-state index contributed by atoms with van der Waals surface area (Å²) in [6, 6.07) is 10.5. The molecule has 0 radical (unpaired) electrons. The van der Waals surface area contributed by atoms with E-state index in [-0.39, 0.29) is 0 Å². The molecule has 3 nitrogen and oxygen atoms in total. The van der Waals surface area contributed by atoms with Gasteiger partial charge in [-0.1, -0.05) is 25.1 Å². The molecule has 1 aromatic carbocycles. The van der Waals surface area contributed by atoms with Gasteiger partial charge in [-0.05, 0) is 25.5 Å². The standard InChI is InChI=1S/C15H16N2OS/c1-3-10(2)16-15-17-12(9-19-15)14-8-11-6-4-5-7-13(11)18-14/h4-10H,3H2,1-2H3,(H,16,17). The minimum absolute atomic E-state index is 0.440. The topological polar surface area (TPSA) is 38.1 Å². The molecular weight excluding hydrogens is 256 g/mol. The molecule has 1 unspecified atom stereocenters. The molecule has 0 aliphatic heterocycles. The lowest BCUT2D eigenvalue weighted by molar-refractivity contribution is 0.629. The predicted octanol–water partition coefficient (Wildman–Crippen LogP) is 4.77. The van der Waals surface area contributed by atoms with Crippen LogP contribution in [0.5, 0.6) is 0 Å². The number of nitrogens with one attached hydrogen (secondary N) is 1. The third kappa shape index (κ3) is 2.49. The Morgan fingerprint density at radius 3 is 3.00 bits per heavy atom. The zero-order chi connectivity index (χ0) is 13.2. The van der Waals surface area contributed by atoms with Crippen molar-refractivity contribution in [3.63, 3.8) is 0 Å². The second kappa shape index (κ2) is 5.05. The van der Waals surface area contributed by atoms with E-state index < -0.39 is 0 Å². The van der Waals surface area contributed by atoms with E-state index in [1.165, 1.54) is 0 Å². The molecule has 0 saturated carbocycles. The number of para-hydroxylation sites is 1. The van der Waals surface area contributed by atoms with E-state index in [4.69, 9.17) is 4.42 Å². The molecule has 1 atom stereocenters. The number of rotatable bonds is 4. The van der Waals surface area contributed by atoms with Crippen LogP contribution in [-0.4, -0.2) is 11.0 Å². The SMILES string of the molecule is CCC(C)Nc1nc(-c2cc3ccccc3o2)cs1. The first kappa shape index (κ1) is 12.2. The van der Waals surface area contributed by atoms with Gasteiger partial charge < -0.3 is 9.73 Å². The second-order valence-corrected chi connectivity index (χ2v) is 5.50. The molecule has 0 aliphatic carbocycles. The van der Waals surface area contributed by atoms with Crippen molar-refractivity contribution in [3.05, 3.63) is 35.7 Å². The first-order chi connectivity index (χ1) is 9.26. The Balaban J connectivity index is 1.89. The van der Waals surface area contributed by atoms with E-state index >= 15 is 0 Å². The van der Waals surface area contributed by atoms with Gasteiger partial charge in [0.15, 0.2) is 10.9 Å². The number of hydrogen-bond acceptors (Lipinski definition) is 4. The van der Waals surface area contributed by atoms with Gasteiger partial charge in [0.05, 0.1) is 0 Å². The van der Waals surface area contributed by atoms with E-state index in [0.29, 0.717) is 6.04 Å². The van der Waals surface area contributed by atoms with Gasteiger partial charge in [-0.3, -0.25) is 0 Å². The largest absolute Gasteiger partial charge is 0.454 e. The summed E-state index contributed by atoms with van der Waals surface area (Å²) in [7, 11) is 0. The number of thiazole rings is 1. The highest BCUT2D eigenvalue weighted by atomic mass is 32.1. The van der Waals surface area contributed by atoms with Crippen molar-refractivity contribution in [2.75, 3.05) is 5.32 Å². The number of fused-ring (bicyclic) bond motifs is 1. The molecule has 3 rings (SSSR count). The number of nitrogens with zero attached hydrogens (tertiary/aromatic N) is 1. The first-order valence-electron chi connectivity index (χ1n) is 6.47. The Morgan fingerprint density at radius 2 is 2.21 bits per heavy atom. The van der Waals surface area contributed by atoms with Crippen LogP contribution in [0.3, 0.4) is 0 Å². The summed E-state index contributed by atoms with van der Waals surface area (Å²) >= 11 is 1.62. The van der Waals surface area contributed by atoms with Crippen LogP contribution < -0.4 is 5.32 Å². The van der Waals surface area contributed by atoms with Gasteiger partial charge >= 0.3 is 0 Å². The summed E-state index contributed by atoms with van der Waals surface area (Å²) in [5, 5.41) is 7.47. The molecule has 0 spiro atoms. The highest BCUT2D eigenvalue weighted by Gasteiger charge is 2.10. The van der Waals surface area contributed by atoms with E-state index in [1.54, 1.807) is 11.3 Å². The van der Waals surface area contributed by atoms with E-state index in [1.807, 2.05) is 35.7 Å². The molecule has 0 aliphatic rings. The van der Waals surface area contributed by atoms with Crippen molar-refractivity contribution in [3.8, 4) is 11.5 Å². The third-order valence-corrected chi connectivity index (χ3v) is 3.94. The number of anilines is 1. The van der Waals surface area contributed by atoms with Gasteiger partial charge in [0.2, 0.25) is 0 Å². The predicted molar refractivity (Wildman–Crippen MR) is 80.7 cm³/mol. The van der Waals surface area contributed by atoms with Gasteiger partial charge in [0.25, 0.3) is 0 Å². The van der Waals surface area contributed by atoms with Crippen LogP contribution in [0.4, 0.5) is 5.13 Å². The van der Waals surface area contributed by atoms with Gasteiger partial charge in [-0.25, -0.2) is 4.98 Å². The average Bonchev–Trinajstić information content (AvgIpc) is 3.04. The number of furan rings is 1. The molecule has 2 heterocycles. The quantitative estimate of drug-likeness (QED) is 0.743. The Labute approximate surface area is 116 Å². The molecule has 0 amide bonds. The summed E-state index contributed by atoms with van der Waals surface area (Å²) in [5.74, 6) is 0.828. The number of aromatic nitrogens is 1. The highest BCUT2D eigenvalue weighted by molar-refractivity contribution is 7.14. The van der Waals surface area contributed by atoms with Gasteiger partial charge in [0, 0.05) is 16.8 Å². The van der Waals surface area contributed by atoms with Crippen LogP contribution in [0, 0.1) is 0 Å². The van der Waals surface area contributed by atoms with Crippen LogP contribution in [0.15, 0.2) is 40.1 Å². The molecule has 0 fully saturated rings. The maximum absolute atomic E-state index is 5.82. The highest BCUT2D eigenvalue weighted by Crippen LogP contribution is 2.30. The van der Waals surface area contributed by atoms with Crippen molar-refractivity contribution in [2.24, 2.45) is 0 Å². The molecule has 2 aromatic heterocycles. The average molecular weight is 272 g/mol. The molecular formula is C15H16N2OS. The minimum Gasteiger partial charge on any atom is -0.454 e. The normalized spacial score (nSPS) is 12.7. The van der Waals surface area contributed by atoms with E-state index in [0.717, 1.165) is 34.0 Å². The summed E-state index contributed by atoms with van der Waals surface area (Å²) in [6.45, 7) is 4.31. The summed E-state index contributed by atoms with van der Waals surface area (Å²) in [4.78, 5) is 4.58. The molecule has 1 N–H and O–H groups in total. The first-order valence-corrected chi connectivity index (χ1v) is 7.35. The Hall–Kier alpha value is -1.81. The van der Waals surface area contributed by atoms with Crippen molar-refractivity contribution in [1.29, 1.82) is 0 Å². The van der Waals surface area contributed by atoms with Crippen LogP contribution in [0.2, 0.25) is 0 Å². The lowest BCUT2D eigenvalue weighted by Gasteiger charge is -2.08. The van der Waals surface area contributed by atoms with Gasteiger partial charge in [-0.15, -0.1) is 11.3 Å². The van der Waals surface area contributed by atoms with E-state index in [2.05, 4.69) is 24.1 Å². The fourth-order valence-electron chi connectivity index (χ4n) is 1.87. The van der Waals surface area contributed by atoms with Crippen molar-refractivity contribution < 1.29 is 4.42 Å². The Morgan fingerprint density at radius 1 is 1.37 bits per heavy atom. The molecule has 0 bridgehead atoms. The zero-order valence-corrected chi connectivity index (χ0v) is 11.8. The van der Waals surface area contributed by atoms with Crippen LogP contribution >= 0.6 is 11.3 Å². The summed E-state index contributed by atoms with van der Waals surface area (Å²) in [5.41, 5.74) is 1.80. The number of benzene rings is 1. The number of hydrogen-bond donors (Lipinski definition) is 1. The minimum atomic E-state index is 0.440. The van der Waals surface area contributed by atoms with Gasteiger partial charge in [-0.2, -0.15) is 0 Å². The lowest BCUT2D eigenvalue weighted by atomic mass is 10.2. The maximum atomic E-state index is 5.82. The summed E-state index contributed by atoms with van der Waals surface area (Å²) in [6.07, 6.45) is 1.08. The third-order valence-electron chi connectivity index (χ3n) is 3.16. The van der Waals surface area contributed by atoms with Crippen LogP contribution in [0.25, 0.3) is 22.4 Å². The molecule has 3 aromatic rings. The van der Waals surface area contributed by atoms with E-state index in [9.17, 15) is 0 Å². The fraction of sp³-hybridized carbons (Fsp3) is 0.267. The molecule has 19 heavy (non-hydrogen) atoms. The summed E-state index contributed by atoms with van der Waals surface area (Å²) < 4.78 is 5.82. The lowest BCUT2D eigenvalue weighted by Crippen LogP contribution is -2.12. The molecule has 0 saturated heterocycles. The van der Waals surface area contributed by atoms with Gasteiger partial charge in [0.1, 0.15) is 11.3 Å². The molecule has 98 valence electrons. The smallest absolute Gasteiger partial charge is 0.183 e. The van der Waals surface area contributed by atoms with Crippen molar-refractivity contribution in [2.45, 2.75) is 26.3 Å². The van der Waals surface area contributed by atoms with Crippen molar-refractivity contribution >= 4 is 27.4 Å². The van der Waals surface area contributed by atoms with Crippen molar-refractivity contribution in [1.82, 2.24) is 4.98 Å². The van der Waals surface area contributed by atoms with Crippen LogP contribution in [-0.2, 0) is 0 Å². The molecule has 4 heteroatoms. The Bertz CT molecular complexity index is 653. The maximum Gasteiger partial charge on any atom is 0.183 e. The second-order valence-electron chi connectivity index (χ2n) is 4.64.